The summed E-state index contributed by atoms with van der Waals surface area (Å²) >= 11 is 0. The van der Waals surface area contributed by atoms with Crippen molar-refractivity contribution in [3.8, 4) is 0 Å². The summed E-state index contributed by atoms with van der Waals surface area (Å²) < 4.78 is 18.6. The van der Waals surface area contributed by atoms with E-state index >= 15 is 0 Å². The van der Waals surface area contributed by atoms with Gasteiger partial charge < -0.3 is 23.8 Å². The first-order valence-electron chi connectivity index (χ1n) is 9.29. The molecule has 1 rings (SSSR count). The Morgan fingerprint density at radius 3 is 1.84 bits per heavy atom. The van der Waals surface area contributed by atoms with E-state index in [-0.39, 0.29) is 22.8 Å². The van der Waals surface area contributed by atoms with Gasteiger partial charge >= 0.3 is 0 Å². The van der Waals surface area contributed by atoms with Crippen LogP contribution in [0.4, 0.5) is 0 Å². The molecule has 0 aromatic heterocycles. The first-order chi connectivity index (χ1) is 11.0. The molecular weight excluding hydrogens is 352 g/mol. The van der Waals surface area contributed by atoms with Gasteiger partial charge in [0.05, 0.1) is 13.2 Å². The van der Waals surface area contributed by atoms with Gasteiger partial charge in [-0.05, 0) is 36.3 Å². The van der Waals surface area contributed by atoms with Gasteiger partial charge in [-0.1, -0.05) is 41.5 Å². The molecule has 7 heteroatoms. The van der Waals surface area contributed by atoms with Gasteiger partial charge in [-0.2, -0.15) is 0 Å². The Morgan fingerprint density at radius 1 is 0.920 bits per heavy atom. The maximum absolute atomic E-state index is 10.5. The molecule has 25 heavy (non-hydrogen) atoms. The standard InChI is InChI=1S/C18H40O5Si2/c1-17(2,3)24(7,8)22-12-14-16(15(20)13(19)11-21-14)23-25(9,10)18(4,5)6/h13-16,19-20H,11-12H2,1-10H3/t13-,14-,15-,16-/m1/s1. The van der Waals surface area contributed by atoms with Gasteiger partial charge in [0, 0.05) is 0 Å². The van der Waals surface area contributed by atoms with E-state index in [4.69, 9.17) is 13.6 Å². The predicted molar refractivity (Wildman–Crippen MR) is 107 cm³/mol. The third-order valence-corrected chi connectivity index (χ3v) is 15.2. The van der Waals surface area contributed by atoms with E-state index in [0.29, 0.717) is 6.61 Å². The van der Waals surface area contributed by atoms with Crippen molar-refractivity contribution < 1.29 is 23.8 Å². The lowest BCUT2D eigenvalue weighted by atomic mass is 10.0. The maximum atomic E-state index is 10.5. The molecule has 2 N–H and O–H groups in total. The first-order valence-corrected chi connectivity index (χ1v) is 15.1. The number of rotatable bonds is 5. The molecule has 150 valence electrons. The molecule has 5 nitrogen and oxygen atoms in total. The summed E-state index contributed by atoms with van der Waals surface area (Å²) in [6.45, 7) is 22.3. The molecule has 0 amide bonds. The Kier molecular flexibility index (Phi) is 7.16. The number of ether oxygens (including phenoxy) is 1. The average Bonchev–Trinajstić information content (AvgIpc) is 2.40. The van der Waals surface area contributed by atoms with Gasteiger partial charge in [-0.3, -0.25) is 0 Å². The third-order valence-electron chi connectivity index (χ3n) is 6.23. The van der Waals surface area contributed by atoms with Crippen LogP contribution in [0.15, 0.2) is 0 Å². The fourth-order valence-corrected chi connectivity index (χ4v) is 4.51. The zero-order chi connectivity index (χ0) is 19.8. The third kappa shape index (κ3) is 5.60. The summed E-state index contributed by atoms with van der Waals surface area (Å²) in [6.07, 6.45) is -2.79. The lowest BCUT2D eigenvalue weighted by Gasteiger charge is -2.46. The molecule has 1 aliphatic rings. The Balaban J connectivity index is 2.92. The smallest absolute Gasteiger partial charge is 0.192 e. The van der Waals surface area contributed by atoms with Crippen LogP contribution in [0.5, 0.6) is 0 Å². The second-order valence-electron chi connectivity index (χ2n) is 10.3. The minimum atomic E-state index is -2.11. The normalized spacial score (nSPS) is 29.8. The van der Waals surface area contributed by atoms with Crippen molar-refractivity contribution >= 4 is 16.6 Å². The van der Waals surface area contributed by atoms with E-state index in [9.17, 15) is 10.2 Å². The summed E-state index contributed by atoms with van der Waals surface area (Å²) in [4.78, 5) is 0. The van der Waals surface area contributed by atoms with Crippen molar-refractivity contribution in [3.05, 3.63) is 0 Å². The molecule has 1 aliphatic heterocycles. The average molecular weight is 393 g/mol. The Labute approximate surface area is 156 Å². The zero-order valence-electron chi connectivity index (χ0n) is 17.8. The van der Waals surface area contributed by atoms with Gasteiger partial charge in [-0.25, -0.2) is 0 Å². The zero-order valence-corrected chi connectivity index (χ0v) is 19.8. The molecule has 1 heterocycles. The molecule has 0 saturated carbocycles. The SMILES string of the molecule is CC(C)(C)[Si](C)(C)OC[C@H]1OC[C@@H](O)[C@@H](O)[C@@H]1O[Si](C)(C)C(C)(C)C. The monoisotopic (exact) mass is 392 g/mol. The molecule has 1 saturated heterocycles. The van der Waals surface area contributed by atoms with Gasteiger partial charge in [-0.15, -0.1) is 0 Å². The molecule has 0 bridgehead atoms. The maximum Gasteiger partial charge on any atom is 0.192 e. The Morgan fingerprint density at radius 2 is 1.40 bits per heavy atom. The molecule has 4 atom stereocenters. The van der Waals surface area contributed by atoms with Crippen LogP contribution in [0.3, 0.4) is 0 Å². The fraction of sp³-hybridized carbons (Fsp3) is 1.00. The van der Waals surface area contributed by atoms with Gasteiger partial charge in [0.2, 0.25) is 0 Å². The highest BCUT2D eigenvalue weighted by Crippen LogP contribution is 2.40. The van der Waals surface area contributed by atoms with Crippen LogP contribution < -0.4 is 0 Å². The van der Waals surface area contributed by atoms with Gasteiger partial charge in [0.15, 0.2) is 16.6 Å². The first kappa shape index (κ1) is 23.3. The number of aliphatic hydroxyl groups is 2. The van der Waals surface area contributed by atoms with Crippen molar-refractivity contribution in [3.63, 3.8) is 0 Å². The summed E-state index contributed by atoms with van der Waals surface area (Å²) in [5.41, 5.74) is 0. The lowest BCUT2D eigenvalue weighted by Crippen LogP contribution is -2.60. The summed E-state index contributed by atoms with van der Waals surface area (Å²) in [5.74, 6) is 0. The highest BCUT2D eigenvalue weighted by atomic mass is 28.4. The van der Waals surface area contributed by atoms with Crippen LogP contribution in [0, 0.1) is 0 Å². The minimum Gasteiger partial charge on any atom is -0.414 e. The lowest BCUT2D eigenvalue weighted by molar-refractivity contribution is -0.189. The number of hydrogen-bond acceptors (Lipinski definition) is 5. The molecular formula is C18H40O5Si2. The van der Waals surface area contributed by atoms with Crippen molar-refractivity contribution in [1.82, 2.24) is 0 Å². The fourth-order valence-electron chi connectivity index (χ4n) is 2.17. The molecule has 0 aromatic rings. The Bertz CT molecular complexity index is 440. The molecule has 1 fully saturated rings. The number of aliphatic hydroxyl groups excluding tert-OH is 2. The van der Waals surface area contributed by atoms with Crippen molar-refractivity contribution in [2.75, 3.05) is 13.2 Å². The second kappa shape index (κ2) is 7.69. The van der Waals surface area contributed by atoms with E-state index in [1.54, 1.807) is 0 Å². The topological polar surface area (TPSA) is 68.2 Å². The number of hydrogen-bond donors (Lipinski definition) is 2. The molecule has 0 aromatic carbocycles. The van der Waals surface area contributed by atoms with Crippen LogP contribution in [-0.2, 0) is 13.6 Å². The summed E-state index contributed by atoms with van der Waals surface area (Å²) in [5, 5.41) is 20.7. The summed E-state index contributed by atoms with van der Waals surface area (Å²) in [6, 6.07) is 0. The van der Waals surface area contributed by atoms with Crippen LogP contribution in [0.2, 0.25) is 36.3 Å². The highest BCUT2D eigenvalue weighted by Gasteiger charge is 2.47. The van der Waals surface area contributed by atoms with E-state index in [0.717, 1.165) is 0 Å². The van der Waals surface area contributed by atoms with E-state index in [1.165, 1.54) is 0 Å². The van der Waals surface area contributed by atoms with Crippen LogP contribution >= 0.6 is 0 Å². The van der Waals surface area contributed by atoms with E-state index in [1.807, 2.05) is 0 Å². The molecule has 0 radical (unpaired) electrons. The largest absolute Gasteiger partial charge is 0.414 e. The minimum absolute atomic E-state index is 0.0138. The molecule has 0 aliphatic carbocycles. The molecule has 0 unspecified atom stereocenters. The van der Waals surface area contributed by atoms with Crippen LogP contribution in [0.25, 0.3) is 0 Å². The quantitative estimate of drug-likeness (QED) is 0.701. The molecule has 0 spiro atoms. The Hall–Kier alpha value is 0.234. The van der Waals surface area contributed by atoms with Crippen molar-refractivity contribution in [1.29, 1.82) is 0 Å². The van der Waals surface area contributed by atoms with Crippen molar-refractivity contribution in [2.45, 2.75) is 102 Å². The summed E-state index contributed by atoms with van der Waals surface area (Å²) in [7, 11) is -4.03. The van der Waals surface area contributed by atoms with E-state index < -0.39 is 34.9 Å². The van der Waals surface area contributed by atoms with Crippen molar-refractivity contribution in [2.24, 2.45) is 0 Å². The predicted octanol–water partition coefficient (Wildman–Crippen LogP) is 3.52. The van der Waals surface area contributed by atoms with Crippen LogP contribution in [-0.4, -0.2) is 64.5 Å². The van der Waals surface area contributed by atoms with E-state index in [2.05, 4.69) is 67.7 Å². The highest BCUT2D eigenvalue weighted by molar-refractivity contribution is 6.74. The van der Waals surface area contributed by atoms with Gasteiger partial charge in [0.25, 0.3) is 0 Å². The van der Waals surface area contributed by atoms with Crippen LogP contribution in [0.1, 0.15) is 41.5 Å². The van der Waals surface area contributed by atoms with Gasteiger partial charge in [0.1, 0.15) is 24.4 Å². The second-order valence-corrected chi connectivity index (χ2v) is 19.9.